The Balaban J connectivity index is 3.96. The van der Waals surface area contributed by atoms with Gasteiger partial charge in [-0.25, -0.2) is 0 Å². The summed E-state index contributed by atoms with van der Waals surface area (Å²) in [7, 11) is 0. The molecule has 0 saturated heterocycles. The SMILES string of the molecule is CCCCCCCCC(O)(CCCCCCCC)C(O)CC. The lowest BCUT2D eigenvalue weighted by atomic mass is 9.84. The second kappa shape index (κ2) is 14.5. The smallest absolute Gasteiger partial charge is 0.0905 e. The van der Waals surface area contributed by atoms with Gasteiger partial charge < -0.3 is 10.2 Å². The molecule has 0 spiro atoms. The topological polar surface area (TPSA) is 40.5 Å². The number of hydrogen-bond acceptors (Lipinski definition) is 2. The minimum Gasteiger partial charge on any atom is -0.390 e. The highest BCUT2D eigenvalue weighted by atomic mass is 16.3. The summed E-state index contributed by atoms with van der Waals surface area (Å²) in [5, 5.41) is 21.0. The summed E-state index contributed by atoms with van der Waals surface area (Å²) in [6.07, 6.45) is 16.4. The monoisotopic (exact) mass is 314 g/mol. The van der Waals surface area contributed by atoms with Crippen molar-refractivity contribution in [2.24, 2.45) is 0 Å². The molecule has 0 amide bonds. The molecule has 0 aromatic rings. The van der Waals surface area contributed by atoms with E-state index in [-0.39, 0.29) is 0 Å². The van der Waals surface area contributed by atoms with Crippen molar-refractivity contribution in [2.45, 2.75) is 129 Å². The molecular formula is C20H42O2. The first-order valence-electron chi connectivity index (χ1n) is 10.0. The zero-order valence-corrected chi connectivity index (χ0v) is 15.6. The summed E-state index contributed by atoms with van der Waals surface area (Å²) in [5.74, 6) is 0. The van der Waals surface area contributed by atoms with Crippen molar-refractivity contribution < 1.29 is 10.2 Å². The van der Waals surface area contributed by atoms with Gasteiger partial charge in [-0.3, -0.25) is 0 Å². The Hall–Kier alpha value is -0.0800. The van der Waals surface area contributed by atoms with E-state index in [1.807, 2.05) is 6.92 Å². The third-order valence-electron chi connectivity index (χ3n) is 4.93. The average Bonchev–Trinajstić information content (AvgIpc) is 2.53. The average molecular weight is 315 g/mol. The molecule has 2 nitrogen and oxygen atoms in total. The van der Waals surface area contributed by atoms with Crippen LogP contribution >= 0.6 is 0 Å². The van der Waals surface area contributed by atoms with E-state index in [9.17, 15) is 10.2 Å². The van der Waals surface area contributed by atoms with Gasteiger partial charge in [-0.05, 0) is 19.3 Å². The van der Waals surface area contributed by atoms with Crippen molar-refractivity contribution in [1.82, 2.24) is 0 Å². The third-order valence-corrected chi connectivity index (χ3v) is 4.93. The fourth-order valence-corrected chi connectivity index (χ4v) is 3.26. The van der Waals surface area contributed by atoms with Crippen LogP contribution in [-0.4, -0.2) is 21.9 Å². The molecule has 0 aliphatic rings. The lowest BCUT2D eigenvalue weighted by molar-refractivity contribution is -0.0893. The second-order valence-electron chi connectivity index (χ2n) is 7.06. The van der Waals surface area contributed by atoms with Gasteiger partial charge in [0.1, 0.15) is 0 Å². The number of unbranched alkanes of at least 4 members (excludes halogenated alkanes) is 10. The summed E-state index contributed by atoms with van der Waals surface area (Å²) in [6.45, 7) is 6.44. The second-order valence-corrected chi connectivity index (χ2v) is 7.06. The summed E-state index contributed by atoms with van der Waals surface area (Å²) < 4.78 is 0. The van der Waals surface area contributed by atoms with Gasteiger partial charge in [-0.2, -0.15) is 0 Å². The molecule has 2 heteroatoms. The summed E-state index contributed by atoms with van der Waals surface area (Å²) in [4.78, 5) is 0. The van der Waals surface area contributed by atoms with Crippen LogP contribution in [0.2, 0.25) is 0 Å². The Bertz CT molecular complexity index is 212. The van der Waals surface area contributed by atoms with E-state index in [0.29, 0.717) is 6.42 Å². The lowest BCUT2D eigenvalue weighted by Gasteiger charge is -2.33. The van der Waals surface area contributed by atoms with Crippen molar-refractivity contribution in [3.05, 3.63) is 0 Å². The lowest BCUT2D eigenvalue weighted by Crippen LogP contribution is -2.42. The summed E-state index contributed by atoms with van der Waals surface area (Å²) >= 11 is 0. The van der Waals surface area contributed by atoms with E-state index in [0.717, 1.165) is 25.7 Å². The molecule has 0 radical (unpaired) electrons. The zero-order chi connectivity index (χ0) is 16.7. The van der Waals surface area contributed by atoms with Gasteiger partial charge in [-0.15, -0.1) is 0 Å². The van der Waals surface area contributed by atoms with Crippen LogP contribution in [0.1, 0.15) is 117 Å². The molecule has 2 N–H and O–H groups in total. The maximum absolute atomic E-state index is 10.8. The fourth-order valence-electron chi connectivity index (χ4n) is 3.26. The molecule has 0 aliphatic carbocycles. The van der Waals surface area contributed by atoms with Crippen molar-refractivity contribution >= 4 is 0 Å². The molecule has 0 rings (SSSR count). The highest BCUT2D eigenvalue weighted by Crippen LogP contribution is 2.28. The van der Waals surface area contributed by atoms with Crippen molar-refractivity contribution in [1.29, 1.82) is 0 Å². The van der Waals surface area contributed by atoms with Gasteiger partial charge in [-0.1, -0.05) is 97.8 Å². The maximum Gasteiger partial charge on any atom is 0.0905 e. The van der Waals surface area contributed by atoms with Crippen LogP contribution in [0.5, 0.6) is 0 Å². The molecule has 1 atom stereocenters. The van der Waals surface area contributed by atoms with Crippen molar-refractivity contribution in [3.63, 3.8) is 0 Å². The van der Waals surface area contributed by atoms with E-state index >= 15 is 0 Å². The van der Waals surface area contributed by atoms with E-state index in [2.05, 4.69) is 13.8 Å². The number of rotatable bonds is 16. The first kappa shape index (κ1) is 21.9. The minimum absolute atomic E-state index is 0.557. The minimum atomic E-state index is -0.843. The first-order valence-corrected chi connectivity index (χ1v) is 10.0. The first-order chi connectivity index (χ1) is 10.6. The van der Waals surface area contributed by atoms with Gasteiger partial charge in [0.2, 0.25) is 0 Å². The predicted molar refractivity (Wildman–Crippen MR) is 97.2 cm³/mol. The van der Waals surface area contributed by atoms with Gasteiger partial charge in [0.05, 0.1) is 11.7 Å². The molecule has 0 heterocycles. The third kappa shape index (κ3) is 10.6. The highest BCUT2D eigenvalue weighted by molar-refractivity contribution is 4.85. The van der Waals surface area contributed by atoms with Gasteiger partial charge >= 0.3 is 0 Å². The molecule has 1 unspecified atom stereocenters. The molecule has 0 fully saturated rings. The van der Waals surface area contributed by atoms with Gasteiger partial charge in [0, 0.05) is 0 Å². The summed E-state index contributed by atoms with van der Waals surface area (Å²) in [6, 6.07) is 0. The molecular weight excluding hydrogens is 272 g/mol. The fraction of sp³-hybridized carbons (Fsp3) is 1.00. The Morgan fingerprint density at radius 2 is 1.00 bits per heavy atom. The molecule has 22 heavy (non-hydrogen) atoms. The van der Waals surface area contributed by atoms with Crippen molar-refractivity contribution in [2.75, 3.05) is 0 Å². The van der Waals surface area contributed by atoms with Crippen LogP contribution in [0, 0.1) is 0 Å². The Morgan fingerprint density at radius 3 is 1.36 bits per heavy atom. The van der Waals surface area contributed by atoms with Crippen LogP contribution in [0.3, 0.4) is 0 Å². The molecule has 0 bridgehead atoms. The van der Waals surface area contributed by atoms with E-state index in [1.54, 1.807) is 0 Å². The highest BCUT2D eigenvalue weighted by Gasteiger charge is 2.33. The molecule has 0 saturated carbocycles. The largest absolute Gasteiger partial charge is 0.390 e. The summed E-state index contributed by atoms with van der Waals surface area (Å²) in [5.41, 5.74) is -0.843. The maximum atomic E-state index is 10.8. The number of aliphatic hydroxyl groups is 2. The standard InChI is InChI=1S/C20H42O2/c1-4-7-9-11-13-15-17-20(22,19(21)6-3)18-16-14-12-10-8-5-2/h19,21-22H,4-18H2,1-3H3. The van der Waals surface area contributed by atoms with Crippen LogP contribution in [0.4, 0.5) is 0 Å². The predicted octanol–water partition coefficient (Wildman–Crippen LogP) is 5.99. The zero-order valence-electron chi connectivity index (χ0n) is 15.6. The molecule has 134 valence electrons. The Morgan fingerprint density at radius 1 is 0.636 bits per heavy atom. The van der Waals surface area contributed by atoms with Gasteiger partial charge in [0.25, 0.3) is 0 Å². The van der Waals surface area contributed by atoms with E-state index in [4.69, 9.17) is 0 Å². The van der Waals surface area contributed by atoms with E-state index in [1.165, 1.54) is 64.2 Å². The van der Waals surface area contributed by atoms with Crippen LogP contribution in [0.15, 0.2) is 0 Å². The normalized spacial score (nSPS) is 13.5. The van der Waals surface area contributed by atoms with Crippen LogP contribution < -0.4 is 0 Å². The molecule has 0 aromatic carbocycles. The number of hydrogen-bond donors (Lipinski definition) is 2. The van der Waals surface area contributed by atoms with E-state index < -0.39 is 11.7 Å². The Labute approximate surface area is 139 Å². The molecule has 0 aliphatic heterocycles. The van der Waals surface area contributed by atoms with Crippen molar-refractivity contribution in [3.8, 4) is 0 Å². The van der Waals surface area contributed by atoms with Crippen LogP contribution in [-0.2, 0) is 0 Å². The Kier molecular flexibility index (Phi) is 14.5. The molecule has 0 aromatic heterocycles. The van der Waals surface area contributed by atoms with Crippen LogP contribution in [0.25, 0.3) is 0 Å². The number of aliphatic hydroxyl groups excluding tert-OH is 1. The van der Waals surface area contributed by atoms with Gasteiger partial charge in [0.15, 0.2) is 0 Å². The quantitative estimate of drug-likeness (QED) is 0.343.